The molecule has 0 aliphatic rings. The van der Waals surface area contributed by atoms with Gasteiger partial charge in [-0.3, -0.25) is 14.7 Å². The lowest BCUT2D eigenvalue weighted by atomic mass is 10.2. The molecule has 0 bridgehead atoms. The topological polar surface area (TPSA) is 96.1 Å². The van der Waals surface area contributed by atoms with E-state index in [0.29, 0.717) is 17.0 Å². The zero-order chi connectivity index (χ0) is 23.4. The summed E-state index contributed by atoms with van der Waals surface area (Å²) < 4.78 is 43.6. The van der Waals surface area contributed by atoms with Crippen LogP contribution in [0.2, 0.25) is 0 Å². The fraction of sp³-hybridized carbons (Fsp3) is 0.0870. The Morgan fingerprint density at radius 1 is 0.939 bits per heavy atom. The van der Waals surface area contributed by atoms with Gasteiger partial charge in [-0.25, -0.2) is 0 Å². The van der Waals surface area contributed by atoms with Crippen LogP contribution in [-0.4, -0.2) is 28.6 Å². The Balaban J connectivity index is 1.31. The molecule has 1 heterocycles. The van der Waals surface area contributed by atoms with E-state index in [1.54, 1.807) is 24.4 Å². The lowest BCUT2D eigenvalue weighted by Crippen LogP contribution is -2.20. The van der Waals surface area contributed by atoms with Crippen LogP contribution in [0.1, 0.15) is 15.9 Å². The van der Waals surface area contributed by atoms with Crippen molar-refractivity contribution in [2.24, 2.45) is 0 Å². The summed E-state index contributed by atoms with van der Waals surface area (Å²) in [7, 11) is 0. The highest BCUT2D eigenvalue weighted by molar-refractivity contribution is 6.05. The number of alkyl halides is 3. The summed E-state index contributed by atoms with van der Waals surface area (Å²) in [5.41, 5.74) is 0.994. The Bertz CT molecular complexity index is 1300. The molecule has 3 N–H and O–H groups in total. The second-order valence-corrected chi connectivity index (χ2v) is 7.07. The number of hydrogen-bond donors (Lipinski definition) is 3. The number of H-pyrrole nitrogens is 1. The third kappa shape index (κ3) is 5.48. The minimum atomic E-state index is -4.50. The first kappa shape index (κ1) is 21.9. The number of carbonyl (C=O) groups excluding carboxylic acids is 2. The molecule has 0 saturated carbocycles. The highest BCUT2D eigenvalue weighted by atomic mass is 19.4. The first-order valence-corrected chi connectivity index (χ1v) is 9.72. The summed E-state index contributed by atoms with van der Waals surface area (Å²) in [6, 6.07) is 15.8. The fourth-order valence-electron chi connectivity index (χ4n) is 3.05. The molecule has 0 radical (unpaired) electrons. The fourth-order valence-corrected chi connectivity index (χ4v) is 3.05. The third-order valence-corrected chi connectivity index (χ3v) is 4.66. The highest BCUT2D eigenvalue weighted by Gasteiger charge is 2.30. The van der Waals surface area contributed by atoms with Crippen LogP contribution in [0.4, 0.5) is 24.5 Å². The Morgan fingerprint density at radius 3 is 2.45 bits per heavy atom. The van der Waals surface area contributed by atoms with Crippen LogP contribution in [0, 0.1) is 0 Å². The van der Waals surface area contributed by atoms with Gasteiger partial charge in [-0.2, -0.15) is 18.3 Å². The summed E-state index contributed by atoms with van der Waals surface area (Å²) in [6.07, 6.45) is -2.85. The van der Waals surface area contributed by atoms with E-state index in [0.717, 1.165) is 23.0 Å². The van der Waals surface area contributed by atoms with Crippen LogP contribution in [0.15, 0.2) is 72.9 Å². The van der Waals surface area contributed by atoms with E-state index in [-0.39, 0.29) is 11.6 Å². The summed E-state index contributed by atoms with van der Waals surface area (Å²) >= 11 is 0. The van der Waals surface area contributed by atoms with Crippen molar-refractivity contribution in [3.05, 3.63) is 84.1 Å². The van der Waals surface area contributed by atoms with Gasteiger partial charge in [0.15, 0.2) is 6.61 Å². The summed E-state index contributed by atoms with van der Waals surface area (Å²) in [4.78, 5) is 24.5. The number of fused-ring (bicyclic) bond motifs is 1. The van der Waals surface area contributed by atoms with Gasteiger partial charge < -0.3 is 15.4 Å². The Hall–Kier alpha value is -4.34. The average Bonchev–Trinajstić information content (AvgIpc) is 3.25. The summed E-state index contributed by atoms with van der Waals surface area (Å²) in [5.74, 6) is -0.622. The molecule has 168 valence electrons. The quantitative estimate of drug-likeness (QED) is 0.388. The van der Waals surface area contributed by atoms with Gasteiger partial charge >= 0.3 is 6.18 Å². The first-order chi connectivity index (χ1) is 15.8. The van der Waals surface area contributed by atoms with Crippen molar-refractivity contribution in [3.63, 3.8) is 0 Å². The normalized spacial score (nSPS) is 11.2. The van der Waals surface area contributed by atoms with Gasteiger partial charge in [-0.05, 0) is 60.7 Å². The number of aromatic amines is 1. The zero-order valence-corrected chi connectivity index (χ0v) is 16.9. The number of aromatic nitrogens is 2. The number of nitrogens with one attached hydrogen (secondary N) is 3. The molecule has 4 aromatic rings. The first-order valence-electron chi connectivity index (χ1n) is 9.72. The number of amides is 2. The Labute approximate surface area is 185 Å². The van der Waals surface area contributed by atoms with Crippen molar-refractivity contribution < 1.29 is 27.5 Å². The number of nitrogens with zero attached hydrogens (tertiary/aromatic N) is 1. The summed E-state index contributed by atoms with van der Waals surface area (Å²) in [6.45, 7) is -0.410. The lowest BCUT2D eigenvalue weighted by molar-refractivity contribution is -0.137. The monoisotopic (exact) mass is 454 g/mol. The predicted molar refractivity (Wildman–Crippen MR) is 116 cm³/mol. The Morgan fingerprint density at radius 2 is 1.70 bits per heavy atom. The standard InChI is InChI=1S/C23H17F3N4O3/c24-23(25,26)16-2-1-3-17(11-16)28-21(31)13-33-19-7-4-14(5-8-19)22(32)29-18-6-9-20-15(10-18)12-27-30-20/h1-12H,13H2,(H,27,30)(H,28,31)(H,29,32). The third-order valence-electron chi connectivity index (χ3n) is 4.66. The maximum atomic E-state index is 12.8. The van der Waals surface area contributed by atoms with Gasteiger partial charge in [-0.15, -0.1) is 0 Å². The number of rotatable bonds is 6. The second kappa shape index (κ2) is 9.03. The van der Waals surface area contributed by atoms with Crippen molar-refractivity contribution in [2.75, 3.05) is 17.2 Å². The maximum absolute atomic E-state index is 12.8. The minimum Gasteiger partial charge on any atom is -0.484 e. The molecule has 1 aromatic heterocycles. The molecule has 7 nitrogen and oxygen atoms in total. The number of ether oxygens (including phenoxy) is 1. The van der Waals surface area contributed by atoms with E-state index >= 15 is 0 Å². The molecule has 10 heteroatoms. The SMILES string of the molecule is O=C(COc1ccc(C(=O)Nc2ccc3[nH]ncc3c2)cc1)Nc1cccc(C(F)(F)F)c1. The van der Waals surface area contributed by atoms with E-state index in [2.05, 4.69) is 20.8 Å². The molecule has 0 aliphatic heterocycles. The Kier molecular flexibility index (Phi) is 5.99. The maximum Gasteiger partial charge on any atom is 0.416 e. The smallest absolute Gasteiger partial charge is 0.416 e. The van der Waals surface area contributed by atoms with Gasteiger partial charge in [0.25, 0.3) is 11.8 Å². The summed E-state index contributed by atoms with van der Waals surface area (Å²) in [5, 5.41) is 12.8. The number of carbonyl (C=O) groups is 2. The molecule has 0 atom stereocenters. The molecule has 0 spiro atoms. The van der Waals surface area contributed by atoms with Crippen molar-refractivity contribution in [1.29, 1.82) is 0 Å². The minimum absolute atomic E-state index is 0.0130. The van der Waals surface area contributed by atoms with Gasteiger partial charge in [0, 0.05) is 22.3 Å². The van der Waals surface area contributed by atoms with E-state index in [4.69, 9.17) is 4.74 Å². The van der Waals surface area contributed by atoms with Gasteiger partial charge in [-0.1, -0.05) is 6.07 Å². The van der Waals surface area contributed by atoms with Crippen LogP contribution in [0.5, 0.6) is 5.75 Å². The lowest BCUT2D eigenvalue weighted by Gasteiger charge is -2.11. The molecule has 2 amide bonds. The van der Waals surface area contributed by atoms with Gasteiger partial charge in [0.1, 0.15) is 5.75 Å². The molecule has 0 aliphatic carbocycles. The molecule has 3 aromatic carbocycles. The number of hydrogen-bond acceptors (Lipinski definition) is 4. The number of anilines is 2. The predicted octanol–water partition coefficient (Wildman–Crippen LogP) is 4.85. The molecular formula is C23H17F3N4O3. The molecular weight excluding hydrogens is 437 g/mol. The van der Waals surface area contributed by atoms with E-state index in [9.17, 15) is 22.8 Å². The van der Waals surface area contributed by atoms with Crippen LogP contribution in [0.25, 0.3) is 10.9 Å². The number of benzene rings is 3. The molecule has 33 heavy (non-hydrogen) atoms. The number of halogens is 3. The zero-order valence-electron chi connectivity index (χ0n) is 16.9. The van der Waals surface area contributed by atoms with Gasteiger partial charge in [0.2, 0.25) is 0 Å². The van der Waals surface area contributed by atoms with Crippen LogP contribution >= 0.6 is 0 Å². The van der Waals surface area contributed by atoms with Crippen molar-refractivity contribution >= 4 is 34.1 Å². The largest absolute Gasteiger partial charge is 0.484 e. The van der Waals surface area contributed by atoms with E-state index in [1.165, 1.54) is 36.4 Å². The molecule has 0 saturated heterocycles. The van der Waals surface area contributed by atoms with Crippen molar-refractivity contribution in [1.82, 2.24) is 10.2 Å². The van der Waals surface area contributed by atoms with E-state index in [1.807, 2.05) is 0 Å². The van der Waals surface area contributed by atoms with Crippen LogP contribution in [-0.2, 0) is 11.0 Å². The molecule has 4 rings (SSSR count). The van der Waals surface area contributed by atoms with E-state index < -0.39 is 24.3 Å². The second-order valence-electron chi connectivity index (χ2n) is 7.07. The van der Waals surface area contributed by atoms with Crippen molar-refractivity contribution in [3.8, 4) is 5.75 Å². The molecule has 0 unspecified atom stereocenters. The van der Waals surface area contributed by atoms with Crippen LogP contribution in [0.3, 0.4) is 0 Å². The molecule has 0 fully saturated rings. The highest BCUT2D eigenvalue weighted by Crippen LogP contribution is 2.30. The van der Waals surface area contributed by atoms with Crippen LogP contribution < -0.4 is 15.4 Å². The van der Waals surface area contributed by atoms with Gasteiger partial charge in [0.05, 0.1) is 17.3 Å². The van der Waals surface area contributed by atoms with Crippen molar-refractivity contribution in [2.45, 2.75) is 6.18 Å². The average molecular weight is 454 g/mol.